The first-order chi connectivity index (χ1) is 22.2. The highest BCUT2D eigenvalue weighted by Crippen LogP contribution is 2.47. The van der Waals surface area contributed by atoms with Crippen LogP contribution in [0.15, 0.2) is 42.5 Å². The number of piperidine rings is 2. The minimum atomic E-state index is -0.953. The van der Waals surface area contributed by atoms with Gasteiger partial charge in [0.1, 0.15) is 6.04 Å². The molecule has 3 saturated heterocycles. The predicted octanol–water partition coefficient (Wildman–Crippen LogP) is 3.60. The van der Waals surface area contributed by atoms with Crippen LogP contribution < -0.4 is 15.1 Å². The maximum atomic E-state index is 13.3. The molecule has 1 unspecified atom stereocenters. The zero-order valence-corrected chi connectivity index (χ0v) is 26.0. The summed E-state index contributed by atoms with van der Waals surface area (Å²) in [5.41, 5.74) is 3.12. The number of anilines is 2. The third kappa shape index (κ3) is 5.74. The molecule has 2 aromatic rings. The second kappa shape index (κ2) is 12.1. The van der Waals surface area contributed by atoms with Crippen LogP contribution in [-0.4, -0.2) is 90.2 Å². The van der Waals surface area contributed by atoms with Crippen molar-refractivity contribution in [1.29, 1.82) is 0 Å². The number of nitro groups is 1. The number of nitrogens with zero attached hydrogens (tertiary/aromatic N) is 5. The molecule has 4 fully saturated rings. The van der Waals surface area contributed by atoms with Gasteiger partial charge in [-0.05, 0) is 86.6 Å². The van der Waals surface area contributed by atoms with Crippen molar-refractivity contribution in [3.63, 3.8) is 0 Å². The van der Waals surface area contributed by atoms with E-state index in [-0.39, 0.29) is 29.4 Å². The zero-order valence-electron chi connectivity index (χ0n) is 26.0. The number of imide groups is 2. The summed E-state index contributed by atoms with van der Waals surface area (Å²) in [5.74, 6) is -1.20. The number of fused-ring (bicyclic) bond motifs is 1. The molecule has 7 rings (SSSR count). The maximum Gasteiger partial charge on any atom is 0.269 e. The molecule has 12 heteroatoms. The van der Waals surface area contributed by atoms with Crippen LogP contribution in [0.5, 0.6) is 0 Å². The molecule has 1 spiro atoms. The van der Waals surface area contributed by atoms with Gasteiger partial charge in [0.05, 0.1) is 16.1 Å². The Morgan fingerprint density at radius 1 is 0.761 bits per heavy atom. The smallest absolute Gasteiger partial charge is 0.269 e. The second-order valence-corrected chi connectivity index (χ2v) is 13.7. The number of amides is 4. The molecule has 1 atom stereocenters. The van der Waals surface area contributed by atoms with Gasteiger partial charge in [0, 0.05) is 75.7 Å². The molecule has 0 radical (unpaired) electrons. The van der Waals surface area contributed by atoms with Crippen molar-refractivity contribution in [3.05, 3.63) is 63.7 Å². The largest absolute Gasteiger partial charge is 0.371 e. The van der Waals surface area contributed by atoms with Gasteiger partial charge < -0.3 is 9.80 Å². The lowest BCUT2D eigenvalue weighted by Gasteiger charge is -2.47. The van der Waals surface area contributed by atoms with Crippen LogP contribution in [0.2, 0.25) is 0 Å². The van der Waals surface area contributed by atoms with Gasteiger partial charge in [0.15, 0.2) is 0 Å². The number of hydrogen-bond acceptors (Lipinski definition) is 9. The van der Waals surface area contributed by atoms with Crippen molar-refractivity contribution in [2.75, 3.05) is 55.6 Å². The van der Waals surface area contributed by atoms with Crippen LogP contribution in [0, 0.1) is 21.4 Å². The third-order valence-corrected chi connectivity index (χ3v) is 11.1. The van der Waals surface area contributed by atoms with Gasteiger partial charge in [0.2, 0.25) is 11.8 Å². The van der Waals surface area contributed by atoms with Gasteiger partial charge >= 0.3 is 0 Å². The average Bonchev–Trinajstić information content (AvgIpc) is 3.31. The van der Waals surface area contributed by atoms with Crippen LogP contribution in [0.4, 0.5) is 17.1 Å². The van der Waals surface area contributed by atoms with Crippen LogP contribution >= 0.6 is 0 Å². The molecule has 1 aliphatic carbocycles. The second-order valence-electron chi connectivity index (χ2n) is 13.7. The summed E-state index contributed by atoms with van der Waals surface area (Å²) in [4.78, 5) is 69.2. The summed E-state index contributed by atoms with van der Waals surface area (Å²) in [5, 5.41) is 13.2. The Labute approximate surface area is 267 Å². The number of benzene rings is 2. The zero-order chi connectivity index (χ0) is 32.0. The van der Waals surface area contributed by atoms with E-state index >= 15 is 0 Å². The molecule has 4 amide bonds. The highest BCUT2D eigenvalue weighted by atomic mass is 16.6. The lowest BCUT2D eigenvalue weighted by molar-refractivity contribution is -0.384. The molecule has 12 nitrogen and oxygen atoms in total. The fourth-order valence-electron chi connectivity index (χ4n) is 8.21. The Morgan fingerprint density at radius 3 is 2.04 bits per heavy atom. The van der Waals surface area contributed by atoms with E-state index in [4.69, 9.17) is 0 Å². The Kier molecular flexibility index (Phi) is 8.00. The van der Waals surface area contributed by atoms with Crippen molar-refractivity contribution in [1.82, 2.24) is 15.1 Å². The molecule has 0 aromatic heterocycles. The van der Waals surface area contributed by atoms with Gasteiger partial charge in [-0.25, -0.2) is 0 Å². The van der Waals surface area contributed by atoms with Crippen LogP contribution in [-0.2, 0) is 9.59 Å². The molecule has 4 heterocycles. The number of carbonyl (C=O) groups excluding carboxylic acids is 4. The molecule has 4 aliphatic heterocycles. The van der Waals surface area contributed by atoms with Crippen molar-refractivity contribution < 1.29 is 24.1 Å². The lowest BCUT2D eigenvalue weighted by Crippen LogP contribution is -2.54. The van der Waals surface area contributed by atoms with Crippen LogP contribution in [0.25, 0.3) is 0 Å². The number of piperazine rings is 1. The number of rotatable bonds is 6. The number of non-ortho nitro benzene ring substituents is 1. The monoisotopic (exact) mass is 628 g/mol. The van der Waals surface area contributed by atoms with E-state index < -0.39 is 23.8 Å². The Balaban J connectivity index is 0.887. The average molecular weight is 629 g/mol. The summed E-state index contributed by atoms with van der Waals surface area (Å²) >= 11 is 0. The molecular formula is C34H40N6O6. The Morgan fingerprint density at radius 2 is 1.39 bits per heavy atom. The van der Waals surface area contributed by atoms with E-state index in [1.165, 1.54) is 25.7 Å². The number of hydrogen-bond donors (Lipinski definition) is 1. The fraction of sp³-hybridized carbons (Fsp3) is 0.529. The first-order valence-electron chi connectivity index (χ1n) is 16.5. The van der Waals surface area contributed by atoms with Gasteiger partial charge in [-0.15, -0.1) is 0 Å². The Hall–Kier alpha value is -4.32. The van der Waals surface area contributed by atoms with Crippen molar-refractivity contribution in [2.45, 2.75) is 57.4 Å². The lowest BCUT2D eigenvalue weighted by atomic mass is 9.65. The third-order valence-electron chi connectivity index (χ3n) is 11.1. The summed E-state index contributed by atoms with van der Waals surface area (Å²) in [6.45, 7) is 6.83. The molecule has 5 aliphatic rings. The van der Waals surface area contributed by atoms with E-state index in [9.17, 15) is 29.3 Å². The summed E-state index contributed by atoms with van der Waals surface area (Å²) in [6, 6.07) is 11.3. The predicted molar refractivity (Wildman–Crippen MR) is 171 cm³/mol. The molecule has 242 valence electrons. The maximum absolute atomic E-state index is 13.3. The summed E-state index contributed by atoms with van der Waals surface area (Å²) in [7, 11) is 0. The highest BCUT2D eigenvalue weighted by Gasteiger charge is 2.45. The first kappa shape index (κ1) is 30.3. The standard InChI is InChI=1S/C34H40N6O6/c41-30-8-7-29(31(42)35-30)39-32(43)27-6-5-26(21-28(27)33(39)44)37-15-13-34(14-16-37)11-9-23(10-12-34)22-36-17-19-38(20-18-36)24-1-3-25(4-2-24)40(45)46/h1-6,21,23,29H,7-20,22H2,(H,35,41,42). The van der Waals surface area contributed by atoms with Crippen molar-refractivity contribution in [2.24, 2.45) is 11.3 Å². The minimum Gasteiger partial charge on any atom is -0.371 e. The molecular weight excluding hydrogens is 588 g/mol. The molecule has 1 saturated carbocycles. The minimum absolute atomic E-state index is 0.106. The number of carbonyl (C=O) groups is 4. The quantitative estimate of drug-likeness (QED) is 0.289. The summed E-state index contributed by atoms with van der Waals surface area (Å²) < 4.78 is 0. The topological polar surface area (TPSA) is 136 Å². The Bertz CT molecular complexity index is 1550. The number of nitro benzene ring substituents is 1. The normalized spacial score (nSPS) is 24.0. The molecule has 46 heavy (non-hydrogen) atoms. The number of nitrogens with one attached hydrogen (secondary N) is 1. The van der Waals surface area contributed by atoms with E-state index in [0.717, 1.165) is 74.9 Å². The van der Waals surface area contributed by atoms with Crippen LogP contribution in [0.1, 0.15) is 72.1 Å². The highest BCUT2D eigenvalue weighted by molar-refractivity contribution is 6.23. The van der Waals surface area contributed by atoms with Gasteiger partial charge in [-0.1, -0.05) is 0 Å². The van der Waals surface area contributed by atoms with Gasteiger partial charge in [0.25, 0.3) is 17.5 Å². The molecule has 0 bridgehead atoms. The fourth-order valence-corrected chi connectivity index (χ4v) is 8.21. The first-order valence-corrected chi connectivity index (χ1v) is 16.5. The summed E-state index contributed by atoms with van der Waals surface area (Å²) in [6.07, 6.45) is 7.45. The molecule has 1 N–H and O–H groups in total. The van der Waals surface area contributed by atoms with E-state index in [2.05, 4.69) is 20.0 Å². The molecule has 2 aromatic carbocycles. The van der Waals surface area contributed by atoms with Crippen molar-refractivity contribution >= 4 is 40.7 Å². The van der Waals surface area contributed by atoms with Crippen molar-refractivity contribution in [3.8, 4) is 0 Å². The van der Waals surface area contributed by atoms with E-state index in [0.29, 0.717) is 22.5 Å². The van der Waals surface area contributed by atoms with Gasteiger partial charge in [-0.3, -0.25) is 44.4 Å². The van der Waals surface area contributed by atoms with Crippen LogP contribution in [0.3, 0.4) is 0 Å². The van der Waals surface area contributed by atoms with E-state index in [1.807, 2.05) is 18.2 Å². The van der Waals surface area contributed by atoms with E-state index in [1.54, 1.807) is 24.3 Å². The van der Waals surface area contributed by atoms with Gasteiger partial charge in [-0.2, -0.15) is 0 Å². The SMILES string of the molecule is O=C1CCC(N2C(=O)c3ccc(N4CCC5(CCC(CN6CCN(c7ccc([N+](=O)[O-])cc7)CC6)CC5)CC4)cc3C2=O)C(=O)N1.